The molecule has 6 aromatic rings. The number of hydrogen-bond acceptors (Lipinski definition) is 4. The molecule has 6 aromatic carbocycles. The third-order valence-electron chi connectivity index (χ3n) is 10.8. The number of fused-ring (bicyclic) bond motifs is 3. The highest BCUT2D eigenvalue weighted by Gasteiger charge is 2.61. The summed E-state index contributed by atoms with van der Waals surface area (Å²) in [6, 6.07) is 55.4. The number of benzene rings is 6. The maximum atomic E-state index is 2.38. The first kappa shape index (κ1) is 33.0. The van der Waals surface area contributed by atoms with Crippen molar-refractivity contribution in [3.8, 4) is 11.1 Å². The molecule has 0 N–H and O–H groups in total. The second-order valence-electron chi connectivity index (χ2n) is 14.4. The molecule has 4 heteroatoms. The van der Waals surface area contributed by atoms with Gasteiger partial charge in [-0.2, -0.15) is 0 Å². The fourth-order valence-electron chi connectivity index (χ4n) is 8.35. The molecule has 0 saturated carbocycles. The fraction of sp³-hybridized carbons (Fsp3) is 0.217. The van der Waals surface area contributed by atoms with Crippen molar-refractivity contribution in [1.82, 2.24) is 0 Å². The van der Waals surface area contributed by atoms with Gasteiger partial charge in [-0.1, -0.05) is 97.1 Å². The van der Waals surface area contributed by atoms with E-state index in [1.807, 2.05) is 0 Å². The van der Waals surface area contributed by atoms with Crippen molar-refractivity contribution in [2.45, 2.75) is 10.8 Å². The number of hydrogen-bond donors (Lipinski definition) is 0. The molecular formula is C46H48N4. The first-order valence-corrected chi connectivity index (χ1v) is 17.4. The highest BCUT2D eigenvalue weighted by atomic mass is 15.1. The summed E-state index contributed by atoms with van der Waals surface area (Å²) in [5.41, 5.74) is 13.5. The summed E-state index contributed by atoms with van der Waals surface area (Å²) in [6.07, 6.45) is 0. The maximum Gasteiger partial charge on any atom is 0.0635 e. The molecule has 4 nitrogen and oxygen atoms in total. The summed E-state index contributed by atoms with van der Waals surface area (Å²) >= 11 is 0. The van der Waals surface area contributed by atoms with Crippen LogP contribution in [-0.4, -0.2) is 56.4 Å². The molecule has 0 saturated heterocycles. The van der Waals surface area contributed by atoms with Gasteiger partial charge in [0.05, 0.1) is 10.8 Å². The third kappa shape index (κ3) is 4.96. The van der Waals surface area contributed by atoms with Gasteiger partial charge in [0.1, 0.15) is 0 Å². The minimum atomic E-state index is -0.674. The molecule has 0 unspecified atom stereocenters. The molecule has 252 valence electrons. The van der Waals surface area contributed by atoms with Gasteiger partial charge in [0.25, 0.3) is 0 Å². The van der Waals surface area contributed by atoms with Gasteiger partial charge in [-0.25, -0.2) is 0 Å². The highest BCUT2D eigenvalue weighted by Crippen LogP contribution is 2.65. The van der Waals surface area contributed by atoms with E-state index in [1.54, 1.807) is 0 Å². The van der Waals surface area contributed by atoms with Crippen LogP contribution in [0.3, 0.4) is 0 Å². The Labute approximate surface area is 298 Å². The van der Waals surface area contributed by atoms with Crippen LogP contribution in [0.1, 0.15) is 33.4 Å². The first-order chi connectivity index (χ1) is 24.1. The molecule has 7 rings (SSSR count). The SMILES string of the molecule is CN(C)c1ccc(C2(c3ccc(N(C)C)cc3)c3ccccc3-c3ccccc3C2(c2ccc(N(C)C)cc2)c2ccc(N(C)C)cc2)cc1. The standard InChI is InChI=1S/C46H48N4/c1-47(2)37-25-17-33(18-26-37)45(34-19-27-38(28-20-34)48(3)4)43-15-11-9-13-41(43)42-14-10-12-16-44(42)46(45,35-21-29-39(30-22-35)49(5)6)36-23-31-40(32-24-36)50(7)8/h9-32H,1-8H3. The van der Waals surface area contributed by atoms with E-state index in [1.165, 1.54) is 67.3 Å². The van der Waals surface area contributed by atoms with E-state index in [4.69, 9.17) is 0 Å². The largest absolute Gasteiger partial charge is 0.378 e. The molecule has 0 spiro atoms. The molecule has 0 amide bonds. The predicted octanol–water partition coefficient (Wildman–Crippen LogP) is 9.30. The molecule has 50 heavy (non-hydrogen) atoms. The molecule has 0 heterocycles. The van der Waals surface area contributed by atoms with Crippen LogP contribution >= 0.6 is 0 Å². The Morgan fingerprint density at radius 1 is 0.280 bits per heavy atom. The van der Waals surface area contributed by atoms with Gasteiger partial charge in [0, 0.05) is 79.1 Å². The van der Waals surface area contributed by atoms with Crippen molar-refractivity contribution >= 4 is 22.7 Å². The van der Waals surface area contributed by atoms with Gasteiger partial charge in [0.2, 0.25) is 0 Å². The Morgan fingerprint density at radius 2 is 0.500 bits per heavy atom. The fourth-order valence-corrected chi connectivity index (χ4v) is 8.35. The lowest BCUT2D eigenvalue weighted by Gasteiger charge is -2.57. The van der Waals surface area contributed by atoms with Crippen LogP contribution in [0.25, 0.3) is 11.1 Å². The van der Waals surface area contributed by atoms with Crippen molar-refractivity contribution in [3.05, 3.63) is 179 Å². The van der Waals surface area contributed by atoms with Crippen LogP contribution in [0.2, 0.25) is 0 Å². The third-order valence-corrected chi connectivity index (χ3v) is 10.8. The summed E-state index contributed by atoms with van der Waals surface area (Å²) in [6.45, 7) is 0. The molecule has 0 fully saturated rings. The van der Waals surface area contributed by atoms with Crippen molar-refractivity contribution in [3.63, 3.8) is 0 Å². The van der Waals surface area contributed by atoms with Crippen molar-refractivity contribution in [2.24, 2.45) is 0 Å². The van der Waals surface area contributed by atoms with E-state index in [0.717, 1.165) is 0 Å². The quantitative estimate of drug-likeness (QED) is 0.162. The lowest BCUT2D eigenvalue weighted by molar-refractivity contribution is 0.415. The zero-order chi connectivity index (χ0) is 35.2. The topological polar surface area (TPSA) is 13.0 Å². The van der Waals surface area contributed by atoms with Crippen LogP contribution in [0, 0.1) is 0 Å². The number of rotatable bonds is 8. The van der Waals surface area contributed by atoms with Crippen LogP contribution in [0.4, 0.5) is 22.7 Å². The highest BCUT2D eigenvalue weighted by molar-refractivity contribution is 5.86. The summed E-state index contributed by atoms with van der Waals surface area (Å²) in [5.74, 6) is 0. The minimum absolute atomic E-state index is 0.674. The van der Waals surface area contributed by atoms with E-state index >= 15 is 0 Å². The van der Waals surface area contributed by atoms with Gasteiger partial charge in [0.15, 0.2) is 0 Å². The Bertz CT molecular complexity index is 1830. The minimum Gasteiger partial charge on any atom is -0.378 e. The second-order valence-corrected chi connectivity index (χ2v) is 14.4. The average molecular weight is 657 g/mol. The summed E-state index contributed by atoms with van der Waals surface area (Å²) < 4.78 is 0. The van der Waals surface area contributed by atoms with E-state index in [-0.39, 0.29) is 0 Å². The van der Waals surface area contributed by atoms with Gasteiger partial charge in [-0.05, 0) is 93.0 Å². The summed E-state index contributed by atoms with van der Waals surface area (Å²) in [5, 5.41) is 0. The van der Waals surface area contributed by atoms with E-state index in [0.29, 0.717) is 0 Å². The van der Waals surface area contributed by atoms with Crippen molar-refractivity contribution in [1.29, 1.82) is 0 Å². The monoisotopic (exact) mass is 656 g/mol. The van der Waals surface area contributed by atoms with Gasteiger partial charge < -0.3 is 19.6 Å². The van der Waals surface area contributed by atoms with E-state index in [9.17, 15) is 0 Å². The van der Waals surface area contributed by atoms with E-state index < -0.39 is 10.8 Å². The molecule has 0 aromatic heterocycles. The van der Waals surface area contributed by atoms with Gasteiger partial charge in [-0.3, -0.25) is 0 Å². The maximum absolute atomic E-state index is 2.38. The summed E-state index contributed by atoms with van der Waals surface area (Å²) in [4.78, 5) is 8.72. The molecule has 0 bridgehead atoms. The molecule has 1 aliphatic carbocycles. The Hall–Kier alpha value is -5.48. The van der Waals surface area contributed by atoms with Crippen LogP contribution in [0.15, 0.2) is 146 Å². The Morgan fingerprint density at radius 3 is 0.720 bits per heavy atom. The first-order valence-electron chi connectivity index (χ1n) is 17.4. The van der Waals surface area contributed by atoms with Gasteiger partial charge in [-0.15, -0.1) is 0 Å². The average Bonchev–Trinajstić information content (AvgIpc) is 3.14. The molecular weight excluding hydrogens is 609 g/mol. The zero-order valence-electron chi connectivity index (χ0n) is 30.6. The van der Waals surface area contributed by atoms with E-state index in [2.05, 4.69) is 222 Å². The van der Waals surface area contributed by atoms with Crippen LogP contribution in [-0.2, 0) is 10.8 Å². The zero-order valence-corrected chi connectivity index (χ0v) is 30.6. The lowest BCUT2D eigenvalue weighted by Crippen LogP contribution is -2.54. The number of anilines is 4. The van der Waals surface area contributed by atoms with Crippen LogP contribution < -0.4 is 19.6 Å². The van der Waals surface area contributed by atoms with Crippen molar-refractivity contribution < 1.29 is 0 Å². The molecule has 0 radical (unpaired) electrons. The second kappa shape index (κ2) is 12.8. The predicted molar refractivity (Wildman–Crippen MR) is 215 cm³/mol. The van der Waals surface area contributed by atoms with Gasteiger partial charge >= 0.3 is 0 Å². The van der Waals surface area contributed by atoms with Crippen LogP contribution in [0.5, 0.6) is 0 Å². The Kier molecular flexibility index (Phi) is 8.43. The number of nitrogens with zero attached hydrogens (tertiary/aromatic N) is 4. The van der Waals surface area contributed by atoms with Crippen molar-refractivity contribution in [2.75, 3.05) is 76.0 Å². The Balaban J connectivity index is 1.74. The molecule has 0 aliphatic heterocycles. The normalized spacial score (nSPS) is 13.9. The molecule has 1 aliphatic rings. The smallest absolute Gasteiger partial charge is 0.0635 e. The lowest BCUT2D eigenvalue weighted by atomic mass is 9.43. The molecule has 0 atom stereocenters. The summed E-state index contributed by atoms with van der Waals surface area (Å²) in [7, 11) is 16.9.